The van der Waals surface area contributed by atoms with Crippen LogP contribution in [0.3, 0.4) is 0 Å². The molecule has 25 heavy (non-hydrogen) atoms. The molecule has 0 atom stereocenters. The number of benzene rings is 1. The summed E-state index contributed by atoms with van der Waals surface area (Å²) >= 11 is 3.23. The average Bonchev–Trinajstić information content (AvgIpc) is 3.03. The number of aryl methyl sites for hydroxylation is 1. The molecule has 3 rings (SSSR count). The molecular formula is C19H21N3OS2. The summed E-state index contributed by atoms with van der Waals surface area (Å²) in [6.45, 7) is 2.83. The minimum Gasteiger partial charge on any atom is -0.381 e. The molecule has 4 nitrogen and oxygen atoms in total. The van der Waals surface area contributed by atoms with Gasteiger partial charge in [0, 0.05) is 19.3 Å². The monoisotopic (exact) mass is 371 g/mol. The third-order valence-electron chi connectivity index (χ3n) is 4.02. The number of rotatable bonds is 5. The van der Waals surface area contributed by atoms with Crippen LogP contribution in [-0.2, 0) is 11.2 Å². The summed E-state index contributed by atoms with van der Waals surface area (Å²) in [5, 5.41) is 4.10. The van der Waals surface area contributed by atoms with Gasteiger partial charge in [0.25, 0.3) is 0 Å². The molecule has 1 N–H and O–H groups in total. The molecule has 1 aliphatic rings. The lowest BCUT2D eigenvalue weighted by molar-refractivity contribution is -0.117. The topological polar surface area (TPSA) is 45.2 Å². The van der Waals surface area contributed by atoms with Crippen molar-refractivity contribution in [3.05, 3.63) is 59.3 Å². The Morgan fingerprint density at radius 2 is 2.12 bits per heavy atom. The Morgan fingerprint density at radius 1 is 1.36 bits per heavy atom. The fourth-order valence-electron chi connectivity index (χ4n) is 2.56. The molecule has 2 heterocycles. The number of allylic oxidation sites excluding steroid dienone is 2. The van der Waals surface area contributed by atoms with Gasteiger partial charge in [-0.2, -0.15) is 0 Å². The lowest BCUT2D eigenvalue weighted by Gasteiger charge is -2.15. The van der Waals surface area contributed by atoms with E-state index in [-0.39, 0.29) is 5.91 Å². The Bertz CT molecular complexity index is 822. The fraction of sp³-hybridized carbons (Fsp3) is 0.263. The fourth-order valence-corrected chi connectivity index (χ4v) is 4.24. The molecule has 0 radical (unpaired) electrons. The average molecular weight is 372 g/mol. The van der Waals surface area contributed by atoms with Crippen molar-refractivity contribution in [2.24, 2.45) is 0 Å². The number of carbonyl (C=O) groups is 1. The van der Waals surface area contributed by atoms with E-state index < -0.39 is 0 Å². The van der Waals surface area contributed by atoms with E-state index >= 15 is 0 Å². The summed E-state index contributed by atoms with van der Waals surface area (Å²) in [4.78, 5) is 18.7. The standard InChI is InChI=1S/C19H21N3OS2/c1-13-18(24-3)25-19(21-13)22(2)17(23)12-14-7-9-15(10-8-14)16-6-4-5-11-20-16/h4-10,20H,11-12H2,1-3H3. The summed E-state index contributed by atoms with van der Waals surface area (Å²) in [6.07, 6.45) is 8.59. The van der Waals surface area contributed by atoms with Gasteiger partial charge in [0.05, 0.1) is 16.3 Å². The van der Waals surface area contributed by atoms with Gasteiger partial charge in [-0.15, -0.1) is 11.8 Å². The van der Waals surface area contributed by atoms with Crippen molar-refractivity contribution in [3.8, 4) is 0 Å². The zero-order valence-corrected chi connectivity index (χ0v) is 16.2. The Labute approximate surface area is 156 Å². The number of hydrogen-bond donors (Lipinski definition) is 1. The highest BCUT2D eigenvalue weighted by molar-refractivity contribution is 8.00. The highest BCUT2D eigenvalue weighted by atomic mass is 32.2. The number of carbonyl (C=O) groups excluding carboxylic acids is 1. The van der Waals surface area contributed by atoms with Crippen molar-refractivity contribution in [2.75, 3.05) is 24.7 Å². The van der Waals surface area contributed by atoms with Gasteiger partial charge in [-0.05, 0) is 30.4 Å². The number of aromatic nitrogens is 1. The Hall–Kier alpha value is -2.05. The van der Waals surface area contributed by atoms with Crippen LogP contribution in [0.4, 0.5) is 5.13 Å². The lowest BCUT2D eigenvalue weighted by Crippen LogP contribution is -2.27. The Kier molecular flexibility index (Phi) is 5.60. The van der Waals surface area contributed by atoms with Crippen molar-refractivity contribution < 1.29 is 4.79 Å². The maximum atomic E-state index is 12.6. The summed E-state index contributed by atoms with van der Waals surface area (Å²) in [6, 6.07) is 8.14. The number of hydrogen-bond acceptors (Lipinski definition) is 5. The molecule has 1 aromatic heterocycles. The van der Waals surface area contributed by atoms with Gasteiger partial charge < -0.3 is 5.32 Å². The van der Waals surface area contributed by atoms with E-state index in [9.17, 15) is 4.79 Å². The van der Waals surface area contributed by atoms with Crippen LogP contribution in [0.15, 0.2) is 46.7 Å². The maximum absolute atomic E-state index is 12.6. The van der Waals surface area contributed by atoms with Crippen LogP contribution in [0.2, 0.25) is 0 Å². The van der Waals surface area contributed by atoms with Crippen LogP contribution < -0.4 is 10.2 Å². The number of nitrogens with zero attached hydrogens (tertiary/aromatic N) is 2. The zero-order chi connectivity index (χ0) is 17.8. The second-order valence-corrected chi connectivity index (χ2v) is 7.84. The van der Waals surface area contributed by atoms with Gasteiger partial charge in [-0.3, -0.25) is 9.69 Å². The van der Waals surface area contributed by atoms with E-state index in [0.717, 1.165) is 38.4 Å². The SMILES string of the molecule is CSc1sc(N(C)C(=O)Cc2ccc(C3=CC=CCN3)cc2)nc1C. The van der Waals surface area contributed by atoms with Gasteiger partial charge in [0.2, 0.25) is 5.91 Å². The Morgan fingerprint density at radius 3 is 2.72 bits per heavy atom. The van der Waals surface area contributed by atoms with Crippen molar-refractivity contribution >= 4 is 39.8 Å². The largest absolute Gasteiger partial charge is 0.381 e. The van der Waals surface area contributed by atoms with Gasteiger partial charge in [-0.25, -0.2) is 4.98 Å². The molecule has 0 bridgehead atoms. The van der Waals surface area contributed by atoms with Crippen LogP contribution in [0.5, 0.6) is 0 Å². The first kappa shape index (κ1) is 17.8. The van der Waals surface area contributed by atoms with Crippen LogP contribution >= 0.6 is 23.1 Å². The van der Waals surface area contributed by atoms with E-state index in [4.69, 9.17) is 0 Å². The normalized spacial score (nSPS) is 13.3. The number of anilines is 1. The summed E-state index contributed by atoms with van der Waals surface area (Å²) in [7, 11) is 1.79. The van der Waals surface area contributed by atoms with Gasteiger partial charge >= 0.3 is 0 Å². The maximum Gasteiger partial charge on any atom is 0.232 e. The van der Waals surface area contributed by atoms with Gasteiger partial charge in [-0.1, -0.05) is 47.8 Å². The quantitative estimate of drug-likeness (QED) is 0.810. The van der Waals surface area contributed by atoms with Crippen molar-refractivity contribution in [2.45, 2.75) is 17.6 Å². The summed E-state index contributed by atoms with van der Waals surface area (Å²) in [5.41, 5.74) is 4.24. The molecule has 1 aliphatic heterocycles. The number of likely N-dealkylation sites (N-methyl/N-ethyl adjacent to an activating group) is 1. The van der Waals surface area contributed by atoms with Crippen molar-refractivity contribution in [1.29, 1.82) is 0 Å². The van der Waals surface area contributed by atoms with Crippen molar-refractivity contribution in [3.63, 3.8) is 0 Å². The number of thioether (sulfide) groups is 1. The predicted molar refractivity (Wildman–Crippen MR) is 107 cm³/mol. The minimum absolute atomic E-state index is 0.0482. The Balaban J connectivity index is 1.67. The first-order valence-corrected chi connectivity index (χ1v) is 10.1. The molecular weight excluding hydrogens is 350 g/mol. The van der Waals surface area contributed by atoms with E-state index in [1.165, 1.54) is 0 Å². The minimum atomic E-state index is 0.0482. The molecule has 0 aliphatic carbocycles. The highest BCUT2D eigenvalue weighted by Crippen LogP contribution is 2.32. The predicted octanol–water partition coefficient (Wildman–Crippen LogP) is 3.88. The molecule has 6 heteroatoms. The highest BCUT2D eigenvalue weighted by Gasteiger charge is 2.17. The number of thiazole rings is 1. The number of dihydropyridines is 1. The van der Waals surface area contributed by atoms with E-state index in [0.29, 0.717) is 6.42 Å². The van der Waals surface area contributed by atoms with Gasteiger partial charge in [0.1, 0.15) is 0 Å². The first-order valence-electron chi connectivity index (χ1n) is 8.06. The molecule has 0 unspecified atom stereocenters. The molecule has 130 valence electrons. The van der Waals surface area contributed by atoms with Crippen LogP contribution in [0.1, 0.15) is 16.8 Å². The summed E-state index contributed by atoms with van der Waals surface area (Å²) in [5.74, 6) is 0.0482. The third kappa shape index (κ3) is 4.14. The van der Waals surface area contributed by atoms with Crippen LogP contribution in [0, 0.1) is 6.92 Å². The molecule has 1 aromatic carbocycles. The van der Waals surface area contributed by atoms with E-state index in [1.807, 2.05) is 25.3 Å². The van der Waals surface area contributed by atoms with E-state index in [2.05, 4.69) is 40.7 Å². The number of nitrogens with one attached hydrogen (secondary N) is 1. The molecule has 0 spiro atoms. The van der Waals surface area contributed by atoms with E-state index in [1.54, 1.807) is 35.0 Å². The zero-order valence-electron chi connectivity index (χ0n) is 14.6. The second-order valence-electron chi connectivity index (χ2n) is 5.79. The molecule has 0 fully saturated rings. The molecule has 0 saturated carbocycles. The van der Waals surface area contributed by atoms with Crippen molar-refractivity contribution in [1.82, 2.24) is 10.3 Å². The number of amides is 1. The molecule has 2 aromatic rings. The second kappa shape index (κ2) is 7.89. The summed E-state index contributed by atoms with van der Waals surface area (Å²) < 4.78 is 1.15. The molecule has 0 saturated heterocycles. The lowest BCUT2D eigenvalue weighted by atomic mass is 10.1. The molecule has 1 amide bonds. The van der Waals surface area contributed by atoms with Gasteiger partial charge in [0.15, 0.2) is 5.13 Å². The van der Waals surface area contributed by atoms with Crippen LogP contribution in [-0.4, -0.2) is 30.7 Å². The van der Waals surface area contributed by atoms with Crippen LogP contribution in [0.25, 0.3) is 5.70 Å². The third-order valence-corrected chi connectivity index (χ3v) is 6.46. The first-order chi connectivity index (χ1) is 12.1. The smallest absolute Gasteiger partial charge is 0.232 e.